The Labute approximate surface area is 113 Å². The minimum atomic E-state index is -4.98. The first kappa shape index (κ1) is 14.8. The van der Waals surface area contributed by atoms with Crippen LogP contribution in [-0.2, 0) is 15.1 Å². The van der Waals surface area contributed by atoms with E-state index in [4.69, 9.17) is 4.74 Å². The molecule has 2 rings (SSSR count). The van der Waals surface area contributed by atoms with Gasteiger partial charge >= 0.3 is 6.18 Å². The standard InChI is InChI=1S/C13H14F3NO3/c1-8-3-5-9(6-4-8)11(20-2)7-12(19,13(14,15)16)17-10(11)18/h3-6,19H,7H2,1-2H3,(H,17,18). The van der Waals surface area contributed by atoms with Crippen LogP contribution in [0.15, 0.2) is 24.3 Å². The Morgan fingerprint density at radius 2 is 1.85 bits per heavy atom. The maximum absolute atomic E-state index is 12.9. The molecule has 0 aliphatic carbocycles. The van der Waals surface area contributed by atoms with Gasteiger partial charge in [0.2, 0.25) is 5.72 Å². The molecule has 1 fully saturated rings. The molecule has 1 aliphatic heterocycles. The van der Waals surface area contributed by atoms with Gasteiger partial charge in [-0.2, -0.15) is 13.2 Å². The van der Waals surface area contributed by atoms with Gasteiger partial charge in [-0.3, -0.25) is 4.79 Å². The predicted molar refractivity (Wildman–Crippen MR) is 63.6 cm³/mol. The number of benzene rings is 1. The van der Waals surface area contributed by atoms with Crippen molar-refractivity contribution in [3.05, 3.63) is 35.4 Å². The van der Waals surface area contributed by atoms with E-state index in [0.717, 1.165) is 12.7 Å². The number of aliphatic hydroxyl groups is 1. The number of ether oxygens (including phenoxy) is 1. The van der Waals surface area contributed by atoms with Crippen LogP contribution >= 0.6 is 0 Å². The van der Waals surface area contributed by atoms with Gasteiger partial charge in [-0.15, -0.1) is 0 Å². The summed E-state index contributed by atoms with van der Waals surface area (Å²) in [6.45, 7) is 1.81. The number of hydrogen-bond acceptors (Lipinski definition) is 3. The third kappa shape index (κ3) is 2.06. The van der Waals surface area contributed by atoms with Crippen LogP contribution in [0.4, 0.5) is 13.2 Å². The highest BCUT2D eigenvalue weighted by molar-refractivity contribution is 5.89. The van der Waals surface area contributed by atoms with E-state index in [1.807, 2.05) is 6.92 Å². The molecule has 1 saturated heterocycles. The molecule has 0 aromatic heterocycles. The summed E-state index contributed by atoms with van der Waals surface area (Å²) in [5, 5.41) is 11.2. The Morgan fingerprint density at radius 3 is 2.25 bits per heavy atom. The van der Waals surface area contributed by atoms with Gasteiger partial charge in [-0.1, -0.05) is 29.8 Å². The van der Waals surface area contributed by atoms with Crippen molar-refractivity contribution in [1.82, 2.24) is 5.32 Å². The fourth-order valence-corrected chi connectivity index (χ4v) is 2.28. The zero-order valence-corrected chi connectivity index (χ0v) is 10.9. The molecule has 0 bridgehead atoms. The van der Waals surface area contributed by atoms with Gasteiger partial charge in [-0.05, 0) is 12.5 Å². The number of nitrogens with one attached hydrogen (secondary N) is 1. The second-order valence-corrected chi connectivity index (χ2v) is 4.89. The number of carbonyl (C=O) groups is 1. The molecule has 2 atom stereocenters. The summed E-state index contributed by atoms with van der Waals surface area (Å²) in [5.41, 5.74) is -3.98. The van der Waals surface area contributed by atoms with Crippen LogP contribution in [0.2, 0.25) is 0 Å². The molecule has 20 heavy (non-hydrogen) atoms. The number of hydrogen-bond donors (Lipinski definition) is 2. The Bertz CT molecular complexity index is 529. The van der Waals surface area contributed by atoms with E-state index in [9.17, 15) is 23.1 Å². The largest absolute Gasteiger partial charge is 0.436 e. The Balaban J connectivity index is 2.47. The van der Waals surface area contributed by atoms with E-state index < -0.39 is 29.8 Å². The first-order valence-electron chi connectivity index (χ1n) is 5.89. The molecule has 4 nitrogen and oxygen atoms in total. The number of methoxy groups -OCH3 is 1. The number of halogens is 3. The summed E-state index contributed by atoms with van der Waals surface area (Å²) in [6.07, 6.45) is -5.91. The molecule has 2 N–H and O–H groups in total. The van der Waals surface area contributed by atoms with Crippen molar-refractivity contribution in [2.75, 3.05) is 7.11 Å². The summed E-state index contributed by atoms with van der Waals surface area (Å²) in [6, 6.07) is 6.35. The fourth-order valence-electron chi connectivity index (χ4n) is 2.28. The van der Waals surface area contributed by atoms with Crippen LogP contribution in [-0.4, -0.2) is 30.0 Å². The molecule has 0 saturated carbocycles. The molecule has 0 radical (unpaired) electrons. The quantitative estimate of drug-likeness (QED) is 0.869. The Kier molecular flexibility index (Phi) is 3.30. The van der Waals surface area contributed by atoms with Gasteiger partial charge in [-0.25, -0.2) is 0 Å². The van der Waals surface area contributed by atoms with Gasteiger partial charge in [0.05, 0.1) is 0 Å². The van der Waals surface area contributed by atoms with Crippen LogP contribution in [0, 0.1) is 6.92 Å². The van der Waals surface area contributed by atoms with Crippen LogP contribution in [0.25, 0.3) is 0 Å². The molecule has 1 aromatic carbocycles. The highest BCUT2D eigenvalue weighted by Crippen LogP contribution is 2.45. The smallest absolute Gasteiger partial charge is 0.363 e. The third-order valence-electron chi connectivity index (χ3n) is 3.53. The van der Waals surface area contributed by atoms with Crippen LogP contribution in [0.1, 0.15) is 17.5 Å². The lowest BCUT2D eigenvalue weighted by Gasteiger charge is -2.28. The predicted octanol–water partition coefficient (Wildman–Crippen LogP) is 1.61. The Hall–Kier alpha value is -1.60. The van der Waals surface area contributed by atoms with Gasteiger partial charge in [0.25, 0.3) is 5.91 Å². The molecule has 2 unspecified atom stereocenters. The zero-order chi connectivity index (χ0) is 15.2. The van der Waals surface area contributed by atoms with Crippen LogP contribution in [0.5, 0.6) is 0 Å². The summed E-state index contributed by atoms with van der Waals surface area (Å²) in [7, 11) is 1.14. The van der Waals surface area contributed by atoms with Crippen molar-refractivity contribution >= 4 is 5.91 Å². The highest BCUT2D eigenvalue weighted by atomic mass is 19.4. The SMILES string of the molecule is COC1(c2ccc(C)cc2)CC(O)(C(F)(F)F)NC1=O. The molecular formula is C13H14F3NO3. The number of carbonyl (C=O) groups excluding carboxylic acids is 1. The average Bonchev–Trinajstić information content (AvgIpc) is 2.63. The zero-order valence-electron chi connectivity index (χ0n) is 10.9. The first-order valence-corrected chi connectivity index (χ1v) is 5.89. The van der Waals surface area contributed by atoms with E-state index in [2.05, 4.69) is 0 Å². The number of amides is 1. The third-order valence-corrected chi connectivity index (χ3v) is 3.53. The van der Waals surface area contributed by atoms with Crippen molar-refractivity contribution < 1.29 is 27.8 Å². The summed E-state index contributed by atoms with van der Waals surface area (Å²) in [5.74, 6) is -1.01. The van der Waals surface area contributed by atoms with E-state index in [-0.39, 0.29) is 5.56 Å². The molecule has 1 amide bonds. The van der Waals surface area contributed by atoms with Crippen LogP contribution in [0.3, 0.4) is 0 Å². The fraction of sp³-hybridized carbons (Fsp3) is 0.462. The van der Waals surface area contributed by atoms with Crippen molar-refractivity contribution in [1.29, 1.82) is 0 Å². The molecule has 0 spiro atoms. The lowest BCUT2D eigenvalue weighted by Crippen LogP contribution is -2.53. The van der Waals surface area contributed by atoms with Gasteiger partial charge in [0.1, 0.15) is 0 Å². The molecule has 110 valence electrons. The number of aryl methyl sites for hydroxylation is 1. The summed E-state index contributed by atoms with van der Waals surface area (Å²) >= 11 is 0. The normalized spacial score (nSPS) is 30.4. The molecule has 1 heterocycles. The monoisotopic (exact) mass is 289 g/mol. The summed E-state index contributed by atoms with van der Waals surface area (Å²) in [4.78, 5) is 12.0. The second kappa shape index (κ2) is 4.46. The molecule has 7 heteroatoms. The maximum Gasteiger partial charge on any atom is 0.436 e. The Morgan fingerprint density at radius 1 is 1.30 bits per heavy atom. The van der Waals surface area contributed by atoms with Gasteiger partial charge in [0, 0.05) is 13.5 Å². The topological polar surface area (TPSA) is 58.6 Å². The van der Waals surface area contributed by atoms with Crippen molar-refractivity contribution in [2.45, 2.75) is 30.8 Å². The lowest BCUT2D eigenvalue weighted by molar-refractivity contribution is -0.270. The average molecular weight is 289 g/mol. The number of alkyl halides is 3. The molecule has 1 aliphatic rings. The van der Waals surface area contributed by atoms with Gasteiger partial charge in [0.15, 0.2) is 5.60 Å². The lowest BCUT2D eigenvalue weighted by atomic mass is 9.88. The van der Waals surface area contributed by atoms with Crippen LogP contribution < -0.4 is 5.32 Å². The minimum absolute atomic E-state index is 0.267. The summed E-state index contributed by atoms with van der Waals surface area (Å²) < 4.78 is 43.6. The van der Waals surface area contributed by atoms with E-state index in [1.165, 1.54) is 12.1 Å². The maximum atomic E-state index is 12.9. The molecule has 1 aromatic rings. The minimum Gasteiger partial charge on any atom is -0.363 e. The van der Waals surface area contributed by atoms with E-state index >= 15 is 0 Å². The number of rotatable bonds is 2. The second-order valence-electron chi connectivity index (χ2n) is 4.89. The van der Waals surface area contributed by atoms with Gasteiger partial charge < -0.3 is 15.2 Å². The molecular weight excluding hydrogens is 275 g/mol. The van der Waals surface area contributed by atoms with Crippen molar-refractivity contribution in [3.8, 4) is 0 Å². The van der Waals surface area contributed by atoms with Crippen molar-refractivity contribution in [2.24, 2.45) is 0 Å². The highest BCUT2D eigenvalue weighted by Gasteiger charge is 2.66. The first-order chi connectivity index (χ1) is 9.14. The van der Waals surface area contributed by atoms with Crippen molar-refractivity contribution in [3.63, 3.8) is 0 Å². The van der Waals surface area contributed by atoms with E-state index in [1.54, 1.807) is 17.4 Å². The van der Waals surface area contributed by atoms with E-state index in [0.29, 0.717) is 0 Å².